The Hall–Kier alpha value is -3.90. The highest BCUT2D eigenvalue weighted by atomic mass is 19.4. The van der Waals surface area contributed by atoms with Crippen molar-refractivity contribution in [3.05, 3.63) is 47.5 Å². The number of aromatic nitrogens is 5. The number of likely N-dealkylation sites (N-methyl/N-ethyl adjacent to an activating group) is 1. The van der Waals surface area contributed by atoms with E-state index in [-0.39, 0.29) is 17.8 Å². The predicted molar refractivity (Wildman–Crippen MR) is 118 cm³/mol. The second-order valence-corrected chi connectivity index (χ2v) is 7.92. The average Bonchev–Trinajstić information content (AvgIpc) is 3.23. The van der Waals surface area contributed by atoms with Crippen LogP contribution >= 0.6 is 0 Å². The second-order valence-electron chi connectivity index (χ2n) is 7.92. The van der Waals surface area contributed by atoms with Gasteiger partial charge in [-0.15, -0.1) is 0 Å². The summed E-state index contributed by atoms with van der Waals surface area (Å²) in [6, 6.07) is 2.69. The lowest BCUT2D eigenvalue weighted by molar-refractivity contribution is -0.154. The number of aryl methyl sites for hydroxylation is 1. The highest BCUT2D eigenvalue weighted by Gasteiger charge is 2.30. The van der Waals surface area contributed by atoms with E-state index in [0.29, 0.717) is 36.2 Å². The van der Waals surface area contributed by atoms with Crippen molar-refractivity contribution in [1.82, 2.24) is 24.7 Å². The number of pyridine rings is 1. The molecular weight excluding hydrogens is 453 g/mol. The normalized spacial score (nSPS) is 15.6. The van der Waals surface area contributed by atoms with E-state index in [9.17, 15) is 18.0 Å². The topological polar surface area (TPSA) is 110 Å². The number of hydrogen-bond acceptors (Lipinski definition) is 8. The number of alkyl halides is 3. The Balaban J connectivity index is 1.36. The van der Waals surface area contributed by atoms with Crippen LogP contribution in [0.3, 0.4) is 0 Å². The first-order chi connectivity index (χ1) is 16.1. The quantitative estimate of drug-likeness (QED) is 0.536. The van der Waals surface area contributed by atoms with E-state index < -0.39 is 12.8 Å². The smallest absolute Gasteiger partial charge is 0.422 e. The molecule has 0 fully saturated rings. The van der Waals surface area contributed by atoms with Gasteiger partial charge >= 0.3 is 6.18 Å². The van der Waals surface area contributed by atoms with Crippen molar-refractivity contribution in [1.29, 1.82) is 0 Å². The largest absolute Gasteiger partial charge is 0.468 e. The molecule has 1 aliphatic rings. The fourth-order valence-corrected chi connectivity index (χ4v) is 3.32. The molecule has 0 bridgehead atoms. The van der Waals surface area contributed by atoms with Gasteiger partial charge in [0.05, 0.1) is 18.4 Å². The van der Waals surface area contributed by atoms with Gasteiger partial charge in [-0.1, -0.05) is 6.07 Å². The third-order valence-electron chi connectivity index (χ3n) is 5.28. The molecule has 13 heteroatoms. The van der Waals surface area contributed by atoms with Gasteiger partial charge in [0.1, 0.15) is 11.7 Å². The molecule has 0 unspecified atom stereocenters. The first kappa shape index (κ1) is 23.3. The zero-order valence-corrected chi connectivity index (χ0v) is 18.7. The maximum Gasteiger partial charge on any atom is 0.422 e. The van der Waals surface area contributed by atoms with Crippen LogP contribution in [0, 0.1) is 6.92 Å². The third-order valence-corrected chi connectivity index (χ3v) is 5.28. The number of hydrogen-bond donors (Lipinski definition) is 2. The number of nitrogens with one attached hydrogen (secondary N) is 2. The number of rotatable bonds is 7. The molecule has 0 aromatic carbocycles. The van der Waals surface area contributed by atoms with Gasteiger partial charge < -0.3 is 20.3 Å². The third kappa shape index (κ3) is 5.35. The number of halogens is 3. The number of carbonyl (C=O) groups excluding carboxylic acids is 1. The minimum absolute atomic E-state index is 0.0913. The van der Waals surface area contributed by atoms with Gasteiger partial charge in [0, 0.05) is 37.6 Å². The molecule has 1 aliphatic heterocycles. The summed E-state index contributed by atoms with van der Waals surface area (Å²) in [6.45, 7) is 3.04. The summed E-state index contributed by atoms with van der Waals surface area (Å²) in [6.07, 6.45) is 0.569. The fraction of sp³-hybridized carbons (Fsp3) is 0.381. The van der Waals surface area contributed by atoms with E-state index >= 15 is 0 Å². The molecular formula is C21H23F3N8O2. The average molecular weight is 476 g/mol. The van der Waals surface area contributed by atoms with Crippen molar-refractivity contribution in [2.45, 2.75) is 39.2 Å². The van der Waals surface area contributed by atoms with Crippen LogP contribution in [-0.2, 0) is 17.9 Å². The van der Waals surface area contributed by atoms with Crippen molar-refractivity contribution >= 4 is 23.4 Å². The van der Waals surface area contributed by atoms with Crippen molar-refractivity contribution in [3.63, 3.8) is 0 Å². The molecule has 4 rings (SSSR count). The number of carbonyl (C=O) groups is 1. The van der Waals surface area contributed by atoms with Crippen LogP contribution in [0.15, 0.2) is 30.7 Å². The Labute approximate surface area is 193 Å². The first-order valence-corrected chi connectivity index (χ1v) is 10.4. The number of ether oxygens (including phenoxy) is 1. The van der Waals surface area contributed by atoms with Gasteiger partial charge in [0.2, 0.25) is 17.7 Å². The Morgan fingerprint density at radius 2 is 2.00 bits per heavy atom. The van der Waals surface area contributed by atoms with Crippen LogP contribution in [0.1, 0.15) is 23.7 Å². The molecule has 0 saturated heterocycles. The lowest BCUT2D eigenvalue weighted by Gasteiger charge is -2.32. The monoisotopic (exact) mass is 476 g/mol. The summed E-state index contributed by atoms with van der Waals surface area (Å²) < 4.78 is 43.0. The molecule has 3 aromatic rings. The van der Waals surface area contributed by atoms with Crippen molar-refractivity contribution in [2.24, 2.45) is 0 Å². The van der Waals surface area contributed by atoms with Crippen LogP contribution in [0.4, 0.5) is 30.6 Å². The highest BCUT2D eigenvalue weighted by Crippen LogP contribution is 2.32. The minimum Gasteiger partial charge on any atom is -0.468 e. The summed E-state index contributed by atoms with van der Waals surface area (Å²) in [5, 5.41) is 10.3. The second kappa shape index (κ2) is 9.15. The van der Waals surface area contributed by atoms with Crippen molar-refractivity contribution in [3.8, 4) is 5.88 Å². The molecule has 1 amide bonds. The molecule has 0 saturated carbocycles. The Bertz CT molecular complexity index is 1180. The van der Waals surface area contributed by atoms with E-state index in [4.69, 9.17) is 0 Å². The maximum atomic E-state index is 12.2. The number of anilines is 3. The zero-order valence-electron chi connectivity index (χ0n) is 18.7. The van der Waals surface area contributed by atoms with E-state index in [0.717, 1.165) is 11.1 Å². The molecule has 4 heterocycles. The van der Waals surface area contributed by atoms with Crippen molar-refractivity contribution in [2.75, 3.05) is 29.2 Å². The van der Waals surface area contributed by atoms with E-state index in [1.54, 1.807) is 35.7 Å². The van der Waals surface area contributed by atoms with E-state index in [1.807, 2.05) is 13.2 Å². The molecule has 180 valence electrons. The standard InChI is InChI=1S/C21H23F3N8O2/c1-12-17-18(31(3)13(2)19(33)29-17)30-20(28-12)26-7-15-8-27-32(10-15)9-14-4-5-16(25-6-14)34-11-21(22,23)24/h4-6,8,10,13H,7,9,11H2,1-3H3,(H,29,33)(H,26,28,30)/t13-/m0/s1. The van der Waals surface area contributed by atoms with Gasteiger partial charge in [-0.2, -0.15) is 23.3 Å². The lowest BCUT2D eigenvalue weighted by atomic mass is 10.2. The lowest BCUT2D eigenvalue weighted by Crippen LogP contribution is -2.44. The maximum absolute atomic E-state index is 12.2. The Morgan fingerprint density at radius 3 is 2.71 bits per heavy atom. The summed E-state index contributed by atoms with van der Waals surface area (Å²) in [7, 11) is 1.81. The van der Waals surface area contributed by atoms with Gasteiger partial charge in [0.15, 0.2) is 12.4 Å². The SMILES string of the molecule is Cc1nc(NCc2cnn(Cc3ccc(OCC(F)(F)F)nc3)c2)nc2c1NC(=O)[C@H](C)N2C. The number of fused-ring (bicyclic) bond motifs is 1. The van der Waals surface area contributed by atoms with E-state index in [1.165, 1.54) is 12.3 Å². The molecule has 34 heavy (non-hydrogen) atoms. The van der Waals surface area contributed by atoms with Gasteiger partial charge in [-0.05, 0) is 19.4 Å². The molecule has 0 spiro atoms. The molecule has 0 radical (unpaired) electrons. The van der Waals surface area contributed by atoms with Gasteiger partial charge in [-0.3, -0.25) is 9.48 Å². The Kier molecular flexibility index (Phi) is 6.26. The predicted octanol–water partition coefficient (Wildman–Crippen LogP) is 2.75. The fourth-order valence-electron chi connectivity index (χ4n) is 3.32. The zero-order chi connectivity index (χ0) is 24.5. The van der Waals surface area contributed by atoms with Crippen molar-refractivity contribution < 1.29 is 22.7 Å². The number of nitrogens with zero attached hydrogens (tertiary/aromatic N) is 6. The number of amides is 1. The van der Waals surface area contributed by atoms with Crippen LogP contribution < -0.4 is 20.3 Å². The molecule has 2 N–H and O–H groups in total. The van der Waals surface area contributed by atoms with Crippen LogP contribution in [0.2, 0.25) is 0 Å². The van der Waals surface area contributed by atoms with Crippen LogP contribution in [-0.4, -0.2) is 56.5 Å². The summed E-state index contributed by atoms with van der Waals surface area (Å²) >= 11 is 0. The molecule has 1 atom stereocenters. The molecule has 3 aromatic heterocycles. The summed E-state index contributed by atoms with van der Waals surface area (Å²) in [5.74, 6) is 0.880. The summed E-state index contributed by atoms with van der Waals surface area (Å²) in [4.78, 5) is 26.7. The summed E-state index contributed by atoms with van der Waals surface area (Å²) in [5.41, 5.74) is 2.90. The Morgan fingerprint density at radius 1 is 1.21 bits per heavy atom. The first-order valence-electron chi connectivity index (χ1n) is 10.4. The van der Waals surface area contributed by atoms with E-state index in [2.05, 4.69) is 35.4 Å². The minimum atomic E-state index is -4.41. The van der Waals surface area contributed by atoms with Gasteiger partial charge in [0.25, 0.3) is 0 Å². The van der Waals surface area contributed by atoms with Crippen LogP contribution in [0.5, 0.6) is 5.88 Å². The van der Waals surface area contributed by atoms with Gasteiger partial charge in [-0.25, -0.2) is 9.97 Å². The molecule has 10 nitrogen and oxygen atoms in total. The van der Waals surface area contributed by atoms with Crippen LogP contribution in [0.25, 0.3) is 0 Å². The highest BCUT2D eigenvalue weighted by molar-refractivity contribution is 6.03. The molecule has 0 aliphatic carbocycles.